The van der Waals surface area contributed by atoms with E-state index in [4.69, 9.17) is 9.72 Å². The number of ether oxygens (including phenoxy) is 1. The van der Waals surface area contributed by atoms with Gasteiger partial charge in [0.05, 0.1) is 17.3 Å². The predicted molar refractivity (Wildman–Crippen MR) is 89.5 cm³/mol. The van der Waals surface area contributed by atoms with Gasteiger partial charge in [0.25, 0.3) is 5.91 Å². The highest BCUT2D eigenvalue weighted by Crippen LogP contribution is 2.35. The van der Waals surface area contributed by atoms with E-state index in [1.165, 1.54) is 30.7 Å². The molecule has 0 radical (unpaired) electrons. The van der Waals surface area contributed by atoms with Gasteiger partial charge in [-0.3, -0.25) is 9.69 Å². The molecule has 126 valence electrons. The van der Waals surface area contributed by atoms with Gasteiger partial charge >= 0.3 is 0 Å². The van der Waals surface area contributed by atoms with Crippen molar-refractivity contribution in [1.29, 1.82) is 0 Å². The van der Waals surface area contributed by atoms with Crippen LogP contribution in [-0.2, 0) is 16.1 Å². The van der Waals surface area contributed by atoms with Crippen LogP contribution in [0.2, 0.25) is 0 Å². The molecule has 4 rings (SSSR count). The average molecular weight is 335 g/mol. The number of carbonyl (C=O) groups excluding carboxylic acids is 1. The Bertz CT molecular complexity index is 552. The van der Waals surface area contributed by atoms with Gasteiger partial charge in [-0.2, -0.15) is 0 Å². The van der Waals surface area contributed by atoms with Crippen molar-refractivity contribution >= 4 is 17.2 Å². The smallest absolute Gasteiger partial charge is 0.250 e. The first-order chi connectivity index (χ1) is 11.3. The zero-order chi connectivity index (χ0) is 15.6. The topological polar surface area (TPSA) is 54.5 Å². The van der Waals surface area contributed by atoms with Crippen molar-refractivity contribution in [1.82, 2.24) is 15.2 Å². The number of aromatic nitrogens is 1. The van der Waals surface area contributed by atoms with Gasteiger partial charge in [-0.25, -0.2) is 4.98 Å². The molecular formula is C17H25N3O2S. The summed E-state index contributed by atoms with van der Waals surface area (Å²) in [7, 11) is 0. The van der Waals surface area contributed by atoms with Crippen LogP contribution in [0.25, 0.3) is 0 Å². The molecule has 0 spiro atoms. The van der Waals surface area contributed by atoms with Crippen molar-refractivity contribution in [2.75, 3.05) is 19.7 Å². The maximum Gasteiger partial charge on any atom is 0.250 e. The van der Waals surface area contributed by atoms with Crippen LogP contribution in [0, 0.1) is 0 Å². The van der Waals surface area contributed by atoms with E-state index >= 15 is 0 Å². The summed E-state index contributed by atoms with van der Waals surface area (Å²) in [5.41, 5.74) is 1.15. The molecule has 1 aromatic heterocycles. The second-order valence-electron chi connectivity index (χ2n) is 7.04. The monoisotopic (exact) mass is 335 g/mol. The molecule has 1 aromatic rings. The van der Waals surface area contributed by atoms with Gasteiger partial charge in [0.2, 0.25) is 0 Å². The molecule has 1 aliphatic heterocycles. The van der Waals surface area contributed by atoms with Gasteiger partial charge in [0.1, 0.15) is 6.10 Å². The number of hydrogen-bond donors (Lipinski definition) is 1. The Morgan fingerprint density at radius 2 is 2.17 bits per heavy atom. The molecule has 0 bridgehead atoms. The molecule has 23 heavy (non-hydrogen) atoms. The Balaban J connectivity index is 1.31. The summed E-state index contributed by atoms with van der Waals surface area (Å²) in [6, 6.07) is 0.397. The second-order valence-corrected chi connectivity index (χ2v) is 7.93. The standard InChI is InChI=1S/C17H25N3O2S/c21-16(18-13-5-6-13)15-10-20(7-8-22-15)9-14-11-23-17(19-14)12-3-1-2-4-12/h11-13,15H,1-10H2,(H,18,21). The van der Waals surface area contributed by atoms with Crippen molar-refractivity contribution in [3.63, 3.8) is 0 Å². The van der Waals surface area contributed by atoms with Gasteiger partial charge in [0.15, 0.2) is 0 Å². The highest BCUT2D eigenvalue weighted by molar-refractivity contribution is 7.09. The molecular weight excluding hydrogens is 310 g/mol. The minimum absolute atomic E-state index is 0.0575. The molecule has 1 amide bonds. The van der Waals surface area contributed by atoms with Crippen molar-refractivity contribution in [2.45, 2.75) is 63.1 Å². The summed E-state index contributed by atoms with van der Waals surface area (Å²) >= 11 is 1.81. The lowest BCUT2D eigenvalue weighted by Crippen LogP contribution is -2.49. The lowest BCUT2D eigenvalue weighted by atomic mass is 10.1. The van der Waals surface area contributed by atoms with E-state index in [0.717, 1.165) is 31.6 Å². The van der Waals surface area contributed by atoms with Gasteiger partial charge in [-0.05, 0) is 25.7 Å². The quantitative estimate of drug-likeness (QED) is 0.897. The average Bonchev–Trinajstić information content (AvgIpc) is 3.04. The Morgan fingerprint density at radius 1 is 1.35 bits per heavy atom. The van der Waals surface area contributed by atoms with Crippen LogP contribution >= 0.6 is 11.3 Å². The summed E-state index contributed by atoms with van der Waals surface area (Å²) in [5, 5.41) is 6.56. The number of nitrogens with zero attached hydrogens (tertiary/aromatic N) is 2. The molecule has 1 atom stereocenters. The number of hydrogen-bond acceptors (Lipinski definition) is 5. The maximum absolute atomic E-state index is 12.1. The molecule has 2 heterocycles. The summed E-state index contributed by atoms with van der Waals surface area (Å²) in [4.78, 5) is 19.3. The van der Waals surface area contributed by atoms with E-state index in [1.807, 2.05) is 11.3 Å². The maximum atomic E-state index is 12.1. The van der Waals surface area contributed by atoms with Crippen molar-refractivity contribution in [3.8, 4) is 0 Å². The third kappa shape index (κ3) is 3.92. The number of rotatable bonds is 5. The van der Waals surface area contributed by atoms with E-state index in [0.29, 0.717) is 25.1 Å². The zero-order valence-corrected chi connectivity index (χ0v) is 14.3. The number of nitrogens with one attached hydrogen (secondary N) is 1. The van der Waals surface area contributed by atoms with Crippen LogP contribution in [-0.4, -0.2) is 47.6 Å². The molecule has 3 fully saturated rings. The second kappa shape index (κ2) is 6.87. The SMILES string of the molecule is O=C(NC1CC1)C1CN(Cc2csc(C3CCCC3)n2)CCO1. The molecule has 5 nitrogen and oxygen atoms in total. The molecule has 1 N–H and O–H groups in total. The lowest BCUT2D eigenvalue weighted by molar-refractivity contribution is -0.139. The first-order valence-electron chi connectivity index (χ1n) is 8.86. The van der Waals surface area contributed by atoms with Gasteiger partial charge in [-0.1, -0.05) is 12.8 Å². The first-order valence-corrected chi connectivity index (χ1v) is 9.74. The fourth-order valence-corrected chi connectivity index (χ4v) is 4.49. The molecule has 6 heteroatoms. The third-order valence-electron chi connectivity index (χ3n) is 5.03. The normalized spacial score (nSPS) is 26.5. The molecule has 2 saturated carbocycles. The summed E-state index contributed by atoms with van der Waals surface area (Å²) < 4.78 is 5.65. The minimum atomic E-state index is -0.322. The van der Waals surface area contributed by atoms with Crippen LogP contribution in [0.1, 0.15) is 55.1 Å². The van der Waals surface area contributed by atoms with Crippen LogP contribution in [0.5, 0.6) is 0 Å². The zero-order valence-electron chi connectivity index (χ0n) is 13.5. The van der Waals surface area contributed by atoms with Crippen molar-refractivity contribution in [3.05, 3.63) is 16.1 Å². The van der Waals surface area contributed by atoms with Crippen LogP contribution in [0.15, 0.2) is 5.38 Å². The number of thiazole rings is 1. The highest BCUT2D eigenvalue weighted by atomic mass is 32.1. The van der Waals surface area contributed by atoms with Crippen molar-refractivity contribution in [2.24, 2.45) is 0 Å². The molecule has 3 aliphatic rings. The molecule has 1 saturated heterocycles. The largest absolute Gasteiger partial charge is 0.366 e. The minimum Gasteiger partial charge on any atom is -0.366 e. The Labute approximate surface area is 141 Å². The molecule has 0 aromatic carbocycles. The third-order valence-corrected chi connectivity index (χ3v) is 6.08. The predicted octanol–water partition coefficient (Wildman–Crippen LogP) is 2.28. The fraction of sp³-hybridized carbons (Fsp3) is 0.765. The van der Waals surface area contributed by atoms with Crippen LogP contribution in [0.3, 0.4) is 0 Å². The van der Waals surface area contributed by atoms with Gasteiger partial charge < -0.3 is 10.1 Å². The summed E-state index contributed by atoms with van der Waals surface area (Å²) in [6.45, 7) is 3.01. The number of morpholine rings is 1. The Hall–Kier alpha value is -0.980. The van der Waals surface area contributed by atoms with Gasteiger partial charge in [0, 0.05) is 37.0 Å². The summed E-state index contributed by atoms with van der Waals surface area (Å²) in [5.74, 6) is 0.748. The van der Waals surface area contributed by atoms with E-state index in [9.17, 15) is 4.79 Å². The molecule has 1 unspecified atom stereocenters. The fourth-order valence-electron chi connectivity index (χ4n) is 3.51. The van der Waals surface area contributed by atoms with Crippen LogP contribution in [0.4, 0.5) is 0 Å². The Kier molecular flexibility index (Phi) is 4.64. The van der Waals surface area contributed by atoms with Gasteiger partial charge in [-0.15, -0.1) is 11.3 Å². The first kappa shape index (κ1) is 15.5. The van der Waals surface area contributed by atoms with Crippen LogP contribution < -0.4 is 5.32 Å². The van der Waals surface area contributed by atoms with Crippen molar-refractivity contribution < 1.29 is 9.53 Å². The van der Waals surface area contributed by atoms with E-state index in [2.05, 4.69) is 15.6 Å². The van der Waals surface area contributed by atoms with E-state index in [1.54, 1.807) is 0 Å². The Morgan fingerprint density at radius 3 is 2.96 bits per heavy atom. The lowest BCUT2D eigenvalue weighted by Gasteiger charge is -2.31. The number of amides is 1. The van der Waals surface area contributed by atoms with E-state index in [-0.39, 0.29) is 12.0 Å². The molecule has 2 aliphatic carbocycles. The highest BCUT2D eigenvalue weighted by Gasteiger charge is 2.31. The number of carbonyl (C=O) groups is 1. The summed E-state index contributed by atoms with van der Waals surface area (Å²) in [6.07, 6.45) is 7.21. The van der Waals surface area contributed by atoms with E-state index < -0.39 is 0 Å².